The Kier molecular flexibility index (Phi) is 4.11. The molecule has 1 rings (SSSR count). The van der Waals surface area contributed by atoms with Crippen molar-refractivity contribution in [3.8, 4) is 0 Å². The van der Waals surface area contributed by atoms with Crippen LogP contribution in [-0.2, 0) is 0 Å². The molecular formula is C9H13NO2S. The van der Waals surface area contributed by atoms with Crippen LogP contribution in [-0.4, -0.2) is 29.0 Å². The van der Waals surface area contributed by atoms with Crippen molar-refractivity contribution < 1.29 is 10.2 Å². The van der Waals surface area contributed by atoms with E-state index in [-0.39, 0.29) is 6.61 Å². The summed E-state index contributed by atoms with van der Waals surface area (Å²) in [5.74, 6) is 0. The Hall–Kier alpha value is -0.680. The number of aliphatic hydroxyl groups excluding tert-OH is 2. The van der Waals surface area contributed by atoms with Crippen molar-refractivity contribution in [3.63, 3.8) is 0 Å². The largest absolute Gasteiger partial charge is 0.395 e. The number of rotatable bonds is 4. The van der Waals surface area contributed by atoms with Crippen molar-refractivity contribution in [2.75, 3.05) is 6.61 Å². The molecule has 0 aromatic carbocycles. The Morgan fingerprint density at radius 2 is 2.38 bits per heavy atom. The van der Waals surface area contributed by atoms with Gasteiger partial charge in [0.1, 0.15) is 0 Å². The van der Waals surface area contributed by atoms with Crippen molar-refractivity contribution in [2.24, 2.45) is 5.73 Å². The number of nitrogens with two attached hydrogens (primary N) is 1. The van der Waals surface area contributed by atoms with Crippen LogP contribution in [0.15, 0.2) is 23.6 Å². The van der Waals surface area contributed by atoms with Gasteiger partial charge in [-0.25, -0.2) is 0 Å². The molecule has 0 spiro atoms. The van der Waals surface area contributed by atoms with Gasteiger partial charge in [0.2, 0.25) is 0 Å². The van der Waals surface area contributed by atoms with Crippen LogP contribution in [0.25, 0.3) is 6.08 Å². The third kappa shape index (κ3) is 3.28. The van der Waals surface area contributed by atoms with E-state index in [1.807, 2.05) is 17.5 Å². The van der Waals surface area contributed by atoms with Crippen LogP contribution in [0, 0.1) is 0 Å². The lowest BCUT2D eigenvalue weighted by Gasteiger charge is -2.11. The molecule has 13 heavy (non-hydrogen) atoms. The fraction of sp³-hybridized carbons (Fsp3) is 0.333. The third-order valence-corrected chi connectivity index (χ3v) is 2.49. The lowest BCUT2D eigenvalue weighted by Crippen LogP contribution is -2.36. The Bertz CT molecular complexity index is 259. The Balaban J connectivity index is 2.48. The lowest BCUT2D eigenvalue weighted by atomic mass is 10.1. The van der Waals surface area contributed by atoms with E-state index in [2.05, 4.69) is 0 Å². The van der Waals surface area contributed by atoms with Crippen LogP contribution in [0.2, 0.25) is 0 Å². The first-order valence-electron chi connectivity index (χ1n) is 4.00. The first-order valence-corrected chi connectivity index (χ1v) is 4.88. The minimum Gasteiger partial charge on any atom is -0.395 e. The second kappa shape index (κ2) is 5.14. The van der Waals surface area contributed by atoms with Gasteiger partial charge in [0.15, 0.2) is 0 Å². The predicted molar refractivity (Wildman–Crippen MR) is 54.4 cm³/mol. The molecule has 0 fully saturated rings. The van der Waals surface area contributed by atoms with Gasteiger partial charge < -0.3 is 15.9 Å². The minimum atomic E-state index is -0.785. The fourth-order valence-corrected chi connectivity index (χ4v) is 1.46. The van der Waals surface area contributed by atoms with E-state index < -0.39 is 12.1 Å². The van der Waals surface area contributed by atoms with Gasteiger partial charge in [0, 0.05) is 4.88 Å². The van der Waals surface area contributed by atoms with E-state index in [0.717, 1.165) is 4.88 Å². The number of thiophene rings is 1. The van der Waals surface area contributed by atoms with Crippen LogP contribution in [0.4, 0.5) is 0 Å². The normalized spacial score (nSPS) is 16.2. The molecule has 0 bridgehead atoms. The smallest absolute Gasteiger partial charge is 0.0897 e. The van der Waals surface area contributed by atoms with E-state index in [1.54, 1.807) is 23.5 Å². The molecule has 0 aliphatic heterocycles. The van der Waals surface area contributed by atoms with E-state index in [1.165, 1.54) is 0 Å². The highest BCUT2D eigenvalue weighted by Gasteiger charge is 2.08. The summed E-state index contributed by atoms with van der Waals surface area (Å²) in [7, 11) is 0. The molecule has 4 heteroatoms. The van der Waals surface area contributed by atoms with Crippen molar-refractivity contribution in [1.82, 2.24) is 0 Å². The molecule has 0 amide bonds. The molecule has 2 atom stereocenters. The van der Waals surface area contributed by atoms with E-state index in [9.17, 15) is 5.11 Å². The molecule has 0 saturated heterocycles. The molecule has 72 valence electrons. The maximum Gasteiger partial charge on any atom is 0.0897 e. The molecule has 1 aromatic heterocycles. The second-order valence-corrected chi connectivity index (χ2v) is 3.69. The average molecular weight is 199 g/mol. The molecule has 0 aliphatic carbocycles. The topological polar surface area (TPSA) is 66.5 Å². The van der Waals surface area contributed by atoms with Gasteiger partial charge in [0.25, 0.3) is 0 Å². The van der Waals surface area contributed by atoms with Crippen LogP contribution in [0.1, 0.15) is 4.88 Å². The molecule has 0 unspecified atom stereocenters. The van der Waals surface area contributed by atoms with E-state index in [0.29, 0.717) is 0 Å². The molecular weight excluding hydrogens is 186 g/mol. The Morgan fingerprint density at radius 3 is 2.92 bits per heavy atom. The standard InChI is InChI=1S/C9H13NO2S/c10-8(6-11)9(12)4-3-7-2-1-5-13-7/h1-5,8-9,11-12H,6,10H2/b4-3+/t8-,9+/m0/s1. The van der Waals surface area contributed by atoms with Crippen molar-refractivity contribution in [3.05, 3.63) is 28.5 Å². The minimum absolute atomic E-state index is 0.212. The first kappa shape index (κ1) is 10.4. The molecule has 1 aromatic rings. The summed E-state index contributed by atoms with van der Waals surface area (Å²) in [6.07, 6.45) is 2.60. The maximum absolute atomic E-state index is 9.35. The highest BCUT2D eigenvalue weighted by Crippen LogP contribution is 2.10. The quantitative estimate of drug-likeness (QED) is 0.659. The SMILES string of the molecule is N[C@@H](CO)[C@H](O)/C=C/c1cccs1. The number of aliphatic hydroxyl groups is 2. The third-order valence-electron chi connectivity index (χ3n) is 1.65. The first-order chi connectivity index (χ1) is 6.24. The number of hydrogen-bond donors (Lipinski definition) is 3. The summed E-state index contributed by atoms with van der Waals surface area (Å²) in [5, 5.41) is 20.0. The average Bonchev–Trinajstić information content (AvgIpc) is 2.65. The van der Waals surface area contributed by atoms with Crippen LogP contribution in [0.5, 0.6) is 0 Å². The Labute approximate surface area is 81.1 Å². The van der Waals surface area contributed by atoms with Crippen LogP contribution < -0.4 is 5.73 Å². The zero-order valence-electron chi connectivity index (χ0n) is 7.13. The molecule has 1 heterocycles. The zero-order chi connectivity index (χ0) is 9.68. The van der Waals surface area contributed by atoms with Gasteiger partial charge in [-0.2, -0.15) is 0 Å². The van der Waals surface area contributed by atoms with Crippen LogP contribution >= 0.6 is 11.3 Å². The summed E-state index contributed by atoms with van der Waals surface area (Å²) in [5.41, 5.74) is 5.41. The summed E-state index contributed by atoms with van der Waals surface area (Å²) in [4.78, 5) is 1.06. The monoisotopic (exact) mass is 199 g/mol. The Morgan fingerprint density at radius 1 is 1.62 bits per heavy atom. The lowest BCUT2D eigenvalue weighted by molar-refractivity contribution is 0.145. The summed E-state index contributed by atoms with van der Waals surface area (Å²) >= 11 is 1.58. The number of hydrogen-bond acceptors (Lipinski definition) is 4. The van der Waals surface area contributed by atoms with Gasteiger partial charge in [-0.15, -0.1) is 11.3 Å². The van der Waals surface area contributed by atoms with Gasteiger partial charge in [-0.1, -0.05) is 12.1 Å². The molecule has 0 saturated carbocycles. The van der Waals surface area contributed by atoms with E-state index >= 15 is 0 Å². The second-order valence-electron chi connectivity index (χ2n) is 2.71. The fourth-order valence-electron chi connectivity index (χ4n) is 0.830. The highest BCUT2D eigenvalue weighted by atomic mass is 32.1. The molecule has 0 radical (unpaired) electrons. The summed E-state index contributed by atoms with van der Waals surface area (Å²) in [6, 6.07) is 3.28. The summed E-state index contributed by atoms with van der Waals surface area (Å²) < 4.78 is 0. The van der Waals surface area contributed by atoms with Gasteiger partial charge in [0.05, 0.1) is 18.8 Å². The zero-order valence-corrected chi connectivity index (χ0v) is 7.95. The molecule has 3 nitrogen and oxygen atoms in total. The highest BCUT2D eigenvalue weighted by molar-refractivity contribution is 7.10. The van der Waals surface area contributed by atoms with E-state index in [4.69, 9.17) is 10.8 Å². The predicted octanol–water partition coefficient (Wildman–Crippen LogP) is 0.442. The van der Waals surface area contributed by atoms with Crippen molar-refractivity contribution in [2.45, 2.75) is 12.1 Å². The van der Waals surface area contributed by atoms with Crippen LogP contribution in [0.3, 0.4) is 0 Å². The van der Waals surface area contributed by atoms with Gasteiger partial charge >= 0.3 is 0 Å². The summed E-state index contributed by atoms with van der Waals surface area (Å²) in [6.45, 7) is -0.212. The van der Waals surface area contributed by atoms with Gasteiger partial charge in [-0.3, -0.25) is 0 Å². The molecule has 0 aliphatic rings. The maximum atomic E-state index is 9.35. The van der Waals surface area contributed by atoms with Crippen molar-refractivity contribution >= 4 is 17.4 Å². The molecule has 4 N–H and O–H groups in total. The van der Waals surface area contributed by atoms with Gasteiger partial charge in [-0.05, 0) is 17.5 Å². The van der Waals surface area contributed by atoms with Crippen molar-refractivity contribution in [1.29, 1.82) is 0 Å².